The lowest BCUT2D eigenvalue weighted by Crippen LogP contribution is -2.45. The summed E-state index contributed by atoms with van der Waals surface area (Å²) in [6, 6.07) is 14.8. The highest BCUT2D eigenvalue weighted by Crippen LogP contribution is 2.45. The number of rotatable bonds is 8. The number of fused-ring (bicyclic) bond motifs is 1. The Bertz CT molecular complexity index is 1270. The number of aliphatic imine (C=N–C) groups is 1. The van der Waals surface area contributed by atoms with E-state index in [4.69, 9.17) is 5.73 Å². The minimum absolute atomic E-state index is 0.315. The number of anilines is 1. The third-order valence-corrected chi connectivity index (χ3v) is 6.45. The lowest BCUT2D eigenvalue weighted by molar-refractivity contribution is -0.143. The molecule has 1 aliphatic carbocycles. The van der Waals surface area contributed by atoms with Crippen LogP contribution in [0.2, 0.25) is 0 Å². The Labute approximate surface area is 232 Å². The van der Waals surface area contributed by atoms with Gasteiger partial charge in [-0.2, -0.15) is 26.3 Å². The number of nitrogens with zero attached hydrogens (tertiary/aromatic N) is 1. The number of para-hydroxylation sites is 1. The van der Waals surface area contributed by atoms with E-state index >= 15 is 0 Å². The molecule has 0 radical (unpaired) electrons. The molecule has 2 aromatic rings. The van der Waals surface area contributed by atoms with Crippen LogP contribution in [0.15, 0.2) is 53.5 Å². The van der Waals surface area contributed by atoms with Gasteiger partial charge in [-0.3, -0.25) is 14.4 Å². The Kier molecular flexibility index (Phi) is 10.2. The molecule has 0 aromatic heterocycles. The van der Waals surface area contributed by atoms with Gasteiger partial charge in [-0.05, 0) is 30.7 Å². The van der Waals surface area contributed by atoms with Crippen molar-refractivity contribution in [1.82, 2.24) is 5.32 Å². The molecule has 0 bridgehead atoms. The van der Waals surface area contributed by atoms with Crippen molar-refractivity contribution in [3.8, 4) is 0 Å². The van der Waals surface area contributed by atoms with Crippen LogP contribution >= 0.6 is 0 Å². The first-order valence-corrected chi connectivity index (χ1v) is 13.0. The number of carbonyl (C=O) groups excluding carboxylic acids is 3. The number of hydrogen-bond acceptors (Lipinski definition) is 4. The molecule has 1 heterocycles. The molecule has 222 valence electrons. The topological polar surface area (TPSA) is 114 Å². The van der Waals surface area contributed by atoms with Gasteiger partial charge < -0.3 is 16.4 Å². The maximum Gasteiger partial charge on any atom is 0.389 e. The molecule has 4 N–H and O–H groups in total. The van der Waals surface area contributed by atoms with E-state index in [-0.39, 0.29) is 0 Å². The molecule has 2 atom stereocenters. The van der Waals surface area contributed by atoms with E-state index in [9.17, 15) is 40.7 Å². The zero-order valence-corrected chi connectivity index (χ0v) is 22.1. The van der Waals surface area contributed by atoms with Crippen LogP contribution < -0.4 is 16.4 Å². The van der Waals surface area contributed by atoms with Crippen molar-refractivity contribution in [3.05, 3.63) is 65.2 Å². The molecular weight excluding hydrogens is 554 g/mol. The number of amides is 3. The van der Waals surface area contributed by atoms with Crippen LogP contribution in [0.3, 0.4) is 0 Å². The lowest BCUT2D eigenvalue weighted by Gasteiger charge is -2.19. The summed E-state index contributed by atoms with van der Waals surface area (Å²) in [4.78, 5) is 42.0. The van der Waals surface area contributed by atoms with E-state index < -0.39 is 67.8 Å². The summed E-state index contributed by atoms with van der Waals surface area (Å²) in [6.45, 7) is 1.08. The Morgan fingerprint density at radius 2 is 1.66 bits per heavy atom. The average Bonchev–Trinajstić information content (AvgIpc) is 3.75. The first kappa shape index (κ1) is 31.6. The van der Waals surface area contributed by atoms with Gasteiger partial charge in [-0.15, -0.1) is 0 Å². The molecule has 4 rings (SSSR count). The molecule has 41 heavy (non-hydrogen) atoms. The second-order valence-electron chi connectivity index (χ2n) is 9.78. The van der Waals surface area contributed by atoms with Crippen LogP contribution in [0.25, 0.3) is 0 Å². The van der Waals surface area contributed by atoms with Gasteiger partial charge in [0.2, 0.25) is 18.0 Å². The standard InChI is InChI=1S/C25H25F3N4O3.C3H5F3/c26-25(27,28)12-11-16(13-19(29)33)23(34)32-22-24(35)31-21-17(14-9-10-14)7-4-8-18(21)20(30-22)15-5-2-1-3-6-15;1-2-3(4,5)6/h1-8,14,16,22H,9-13H2,(H2,29,33)(H,31,35)(H,32,34);2H2,1H3. The largest absolute Gasteiger partial charge is 0.389 e. The van der Waals surface area contributed by atoms with E-state index in [1.807, 2.05) is 48.5 Å². The monoisotopic (exact) mass is 584 g/mol. The van der Waals surface area contributed by atoms with Crippen molar-refractivity contribution in [2.24, 2.45) is 16.6 Å². The van der Waals surface area contributed by atoms with Gasteiger partial charge in [0.1, 0.15) is 0 Å². The van der Waals surface area contributed by atoms with E-state index in [0.717, 1.165) is 25.3 Å². The van der Waals surface area contributed by atoms with Gasteiger partial charge in [0.25, 0.3) is 5.91 Å². The van der Waals surface area contributed by atoms with E-state index in [2.05, 4.69) is 15.6 Å². The van der Waals surface area contributed by atoms with E-state index in [1.54, 1.807) is 0 Å². The van der Waals surface area contributed by atoms with Crippen molar-refractivity contribution < 1.29 is 40.7 Å². The van der Waals surface area contributed by atoms with Crippen LogP contribution in [0.4, 0.5) is 32.0 Å². The van der Waals surface area contributed by atoms with E-state index in [0.29, 0.717) is 28.4 Å². The molecule has 2 unspecified atom stereocenters. The Hall–Kier alpha value is -3.90. The smallest absolute Gasteiger partial charge is 0.370 e. The number of primary amides is 1. The highest BCUT2D eigenvalue weighted by Gasteiger charge is 2.35. The number of halogens is 6. The van der Waals surface area contributed by atoms with Crippen molar-refractivity contribution in [2.75, 3.05) is 5.32 Å². The highest BCUT2D eigenvalue weighted by molar-refractivity contribution is 6.20. The summed E-state index contributed by atoms with van der Waals surface area (Å²) in [6.07, 6.45) is -11.1. The van der Waals surface area contributed by atoms with Gasteiger partial charge >= 0.3 is 12.4 Å². The Morgan fingerprint density at radius 3 is 2.20 bits per heavy atom. The second-order valence-corrected chi connectivity index (χ2v) is 9.78. The number of nitrogens with two attached hydrogens (primary N) is 1. The minimum Gasteiger partial charge on any atom is -0.370 e. The third kappa shape index (κ3) is 9.61. The van der Waals surface area contributed by atoms with Crippen molar-refractivity contribution >= 4 is 29.1 Å². The fourth-order valence-corrected chi connectivity index (χ4v) is 4.17. The molecule has 1 fully saturated rings. The molecule has 1 saturated carbocycles. The summed E-state index contributed by atoms with van der Waals surface area (Å²) in [7, 11) is 0. The van der Waals surface area contributed by atoms with Crippen molar-refractivity contribution in [2.45, 2.75) is 69.9 Å². The number of hydrogen-bond donors (Lipinski definition) is 3. The van der Waals surface area contributed by atoms with Gasteiger partial charge in [0.05, 0.1) is 11.4 Å². The van der Waals surface area contributed by atoms with Crippen LogP contribution in [-0.4, -0.2) is 42.0 Å². The fourth-order valence-electron chi connectivity index (χ4n) is 4.17. The molecule has 7 nitrogen and oxygen atoms in total. The Morgan fingerprint density at radius 1 is 1.02 bits per heavy atom. The number of nitrogens with one attached hydrogen (secondary N) is 2. The van der Waals surface area contributed by atoms with Gasteiger partial charge in [0, 0.05) is 36.3 Å². The zero-order valence-electron chi connectivity index (χ0n) is 22.1. The summed E-state index contributed by atoms with van der Waals surface area (Å²) in [5.41, 5.74) is 8.62. The molecular formula is C28H30F6N4O3. The minimum atomic E-state index is -4.50. The van der Waals surface area contributed by atoms with Crippen LogP contribution in [-0.2, 0) is 14.4 Å². The zero-order chi connectivity index (χ0) is 30.4. The first-order valence-electron chi connectivity index (χ1n) is 13.0. The fraction of sp³-hybridized carbons (Fsp3) is 0.429. The number of benzodiazepines with no additional fused rings is 1. The summed E-state index contributed by atoms with van der Waals surface area (Å²) < 4.78 is 70.6. The molecule has 0 saturated heterocycles. The highest BCUT2D eigenvalue weighted by atomic mass is 19.4. The Balaban J connectivity index is 0.000000696. The summed E-state index contributed by atoms with van der Waals surface area (Å²) in [5, 5.41) is 5.30. The maximum atomic E-state index is 13.1. The quantitative estimate of drug-likeness (QED) is 0.352. The SMILES string of the molecule is CCC(F)(F)F.NC(=O)CC(CCC(F)(F)F)C(=O)NC1N=C(c2ccccc2)c2cccc(C3CC3)c2NC1=O. The molecule has 1 aliphatic heterocycles. The number of alkyl halides is 6. The number of carbonyl (C=O) groups is 3. The molecule has 0 spiro atoms. The molecule has 13 heteroatoms. The van der Waals surface area contributed by atoms with Crippen LogP contribution in [0.1, 0.15) is 68.1 Å². The molecule has 2 aromatic carbocycles. The lowest BCUT2D eigenvalue weighted by atomic mass is 9.96. The third-order valence-electron chi connectivity index (χ3n) is 6.45. The summed E-state index contributed by atoms with van der Waals surface area (Å²) in [5.74, 6) is -3.45. The summed E-state index contributed by atoms with van der Waals surface area (Å²) >= 11 is 0. The van der Waals surface area contributed by atoms with Crippen LogP contribution in [0.5, 0.6) is 0 Å². The van der Waals surface area contributed by atoms with Crippen molar-refractivity contribution in [3.63, 3.8) is 0 Å². The predicted octanol–water partition coefficient (Wildman–Crippen LogP) is 5.59. The van der Waals surface area contributed by atoms with E-state index in [1.165, 1.54) is 0 Å². The van der Waals surface area contributed by atoms with Gasteiger partial charge in [-0.1, -0.05) is 55.5 Å². The molecule has 3 amide bonds. The maximum absolute atomic E-state index is 13.1. The van der Waals surface area contributed by atoms with Crippen molar-refractivity contribution in [1.29, 1.82) is 0 Å². The normalized spacial score (nSPS) is 17.6. The molecule has 2 aliphatic rings. The average molecular weight is 585 g/mol. The van der Waals surface area contributed by atoms with Gasteiger partial charge in [0.15, 0.2) is 0 Å². The van der Waals surface area contributed by atoms with Gasteiger partial charge in [-0.25, -0.2) is 4.99 Å². The number of benzene rings is 2. The predicted molar refractivity (Wildman–Crippen MR) is 140 cm³/mol. The second kappa shape index (κ2) is 13.2. The first-order chi connectivity index (χ1) is 19.2. The van der Waals surface area contributed by atoms with Crippen LogP contribution in [0, 0.1) is 5.92 Å².